The normalized spacial score (nSPS) is 22.3. The van der Waals surface area contributed by atoms with Crippen LogP contribution in [-0.2, 0) is 14.3 Å². The summed E-state index contributed by atoms with van der Waals surface area (Å²) >= 11 is 6.16. The molecule has 1 aliphatic carbocycles. The molecule has 7 heteroatoms. The first-order valence-electron chi connectivity index (χ1n) is 6.62. The van der Waals surface area contributed by atoms with Crippen molar-refractivity contribution < 1.29 is 12.6 Å². The van der Waals surface area contributed by atoms with Gasteiger partial charge in [-0.25, -0.2) is 4.18 Å². The van der Waals surface area contributed by atoms with Gasteiger partial charge in [0.15, 0.2) is 5.06 Å². The molecule has 0 aliphatic heterocycles. The lowest BCUT2D eigenvalue weighted by molar-refractivity contribution is 0.219. The molecular formula is C15H17ClN2O3S. The number of rotatable bonds is 5. The van der Waals surface area contributed by atoms with E-state index in [9.17, 15) is 8.42 Å². The van der Waals surface area contributed by atoms with Crippen LogP contribution in [0.15, 0.2) is 59.2 Å². The van der Waals surface area contributed by atoms with Gasteiger partial charge in [-0.1, -0.05) is 54.1 Å². The van der Waals surface area contributed by atoms with Crippen LogP contribution in [0.1, 0.15) is 12.0 Å². The minimum Gasteiger partial charge on any atom is -0.313 e. The molecule has 0 amide bonds. The number of hydrogen-bond donors (Lipinski definition) is 1. The van der Waals surface area contributed by atoms with Gasteiger partial charge < -0.3 is 5.43 Å². The highest BCUT2D eigenvalue weighted by Crippen LogP contribution is 2.31. The van der Waals surface area contributed by atoms with E-state index in [0.717, 1.165) is 23.1 Å². The fraction of sp³-hybridized carbons (Fsp3) is 0.267. The second-order valence-corrected chi connectivity index (χ2v) is 7.04. The Hall–Kier alpha value is -1.63. The van der Waals surface area contributed by atoms with Gasteiger partial charge in [-0.15, -0.1) is 0 Å². The van der Waals surface area contributed by atoms with E-state index >= 15 is 0 Å². The molecule has 0 saturated carbocycles. The van der Waals surface area contributed by atoms with Gasteiger partial charge >= 0.3 is 0 Å². The molecule has 1 aliphatic rings. The number of nitrogens with zero attached hydrogens (tertiary/aromatic N) is 1. The van der Waals surface area contributed by atoms with Crippen molar-refractivity contribution in [3.63, 3.8) is 0 Å². The average Bonchev–Trinajstić information content (AvgIpc) is 2.45. The van der Waals surface area contributed by atoms with Crippen LogP contribution in [0.2, 0.25) is 0 Å². The molecule has 118 valence electrons. The molecule has 0 heterocycles. The fourth-order valence-electron chi connectivity index (χ4n) is 2.09. The molecule has 0 bridgehead atoms. The van der Waals surface area contributed by atoms with Gasteiger partial charge in [0.2, 0.25) is 0 Å². The predicted molar refractivity (Wildman–Crippen MR) is 88.4 cm³/mol. The number of nitrogens with one attached hydrogen (secondary N) is 1. The number of allylic oxidation sites excluding steroid dienone is 2. The molecule has 5 nitrogen and oxygen atoms in total. The maximum Gasteiger partial charge on any atom is 0.266 e. The van der Waals surface area contributed by atoms with Crippen LogP contribution in [0.3, 0.4) is 0 Å². The zero-order valence-corrected chi connectivity index (χ0v) is 13.9. The monoisotopic (exact) mass is 340 g/mol. The number of hydrogen-bond acceptors (Lipinski definition) is 5. The van der Waals surface area contributed by atoms with Gasteiger partial charge in [-0.3, -0.25) is 0 Å². The van der Waals surface area contributed by atoms with Gasteiger partial charge in [0, 0.05) is 19.0 Å². The molecule has 0 aromatic heterocycles. The van der Waals surface area contributed by atoms with E-state index in [1.807, 2.05) is 30.3 Å². The van der Waals surface area contributed by atoms with Gasteiger partial charge in [0.25, 0.3) is 10.1 Å². The molecule has 0 radical (unpaired) electrons. The van der Waals surface area contributed by atoms with Crippen molar-refractivity contribution in [2.45, 2.75) is 11.5 Å². The number of halogens is 1. The minimum absolute atomic E-state index is 0.225. The molecule has 22 heavy (non-hydrogen) atoms. The van der Waals surface area contributed by atoms with Crippen molar-refractivity contribution in [1.29, 1.82) is 0 Å². The molecule has 1 unspecified atom stereocenters. The summed E-state index contributed by atoms with van der Waals surface area (Å²) in [7, 11) is -1.92. The van der Waals surface area contributed by atoms with Crippen molar-refractivity contribution in [2.75, 3.05) is 13.3 Å². The number of hydrazone groups is 1. The average molecular weight is 341 g/mol. The van der Waals surface area contributed by atoms with Gasteiger partial charge in [-0.2, -0.15) is 13.5 Å². The maximum atomic E-state index is 11.2. The molecular weight excluding hydrogens is 324 g/mol. The van der Waals surface area contributed by atoms with E-state index in [2.05, 4.69) is 10.5 Å². The van der Waals surface area contributed by atoms with Crippen LogP contribution in [-0.4, -0.2) is 32.5 Å². The van der Waals surface area contributed by atoms with E-state index in [1.165, 1.54) is 6.08 Å². The number of alkyl halides is 1. The maximum absolute atomic E-state index is 11.2. The summed E-state index contributed by atoms with van der Waals surface area (Å²) in [5.74, 6) is 0. The van der Waals surface area contributed by atoms with Crippen LogP contribution in [0.25, 0.3) is 0 Å². The summed E-state index contributed by atoms with van der Waals surface area (Å²) in [4.78, 5) is 0. The summed E-state index contributed by atoms with van der Waals surface area (Å²) in [6, 6.07) is 9.66. The third kappa shape index (κ3) is 4.43. The molecule has 1 aromatic rings. The molecule has 0 fully saturated rings. The van der Waals surface area contributed by atoms with Crippen molar-refractivity contribution in [2.24, 2.45) is 5.10 Å². The zero-order valence-electron chi connectivity index (χ0n) is 12.3. The zero-order chi connectivity index (χ0) is 16.2. The van der Waals surface area contributed by atoms with Crippen LogP contribution in [0.5, 0.6) is 0 Å². The Morgan fingerprint density at radius 2 is 2.05 bits per heavy atom. The lowest BCUT2D eigenvalue weighted by Gasteiger charge is -2.24. The Labute approximate surface area is 135 Å². The Kier molecular flexibility index (Phi) is 5.05. The smallest absolute Gasteiger partial charge is 0.266 e. The minimum atomic E-state index is -3.64. The quantitative estimate of drug-likeness (QED) is 0.387. The lowest BCUT2D eigenvalue weighted by atomic mass is 9.96. The van der Waals surface area contributed by atoms with Crippen molar-refractivity contribution in [3.8, 4) is 0 Å². The Morgan fingerprint density at radius 3 is 2.55 bits per heavy atom. The Morgan fingerprint density at radius 1 is 1.36 bits per heavy atom. The van der Waals surface area contributed by atoms with E-state index < -0.39 is 15.2 Å². The first kappa shape index (κ1) is 16.7. The van der Waals surface area contributed by atoms with Crippen molar-refractivity contribution >= 4 is 27.4 Å². The second-order valence-electron chi connectivity index (χ2n) is 4.82. The van der Waals surface area contributed by atoms with E-state index in [4.69, 9.17) is 15.8 Å². The Bertz CT molecular complexity index is 726. The first-order valence-corrected chi connectivity index (χ1v) is 8.81. The van der Waals surface area contributed by atoms with Gasteiger partial charge in [-0.05, 0) is 11.6 Å². The van der Waals surface area contributed by atoms with Crippen molar-refractivity contribution in [3.05, 3.63) is 59.7 Å². The highest BCUT2D eigenvalue weighted by molar-refractivity contribution is 7.86. The SMILES string of the molecule is CNN=C(C1=CCC(Cl)(OS(C)(=O)=O)C=C1)c1ccccc1. The van der Waals surface area contributed by atoms with Crippen LogP contribution < -0.4 is 5.43 Å². The summed E-state index contributed by atoms with van der Waals surface area (Å²) < 4.78 is 27.4. The predicted octanol–water partition coefficient (Wildman–Crippen LogP) is 2.41. The molecule has 0 saturated heterocycles. The van der Waals surface area contributed by atoms with E-state index in [0.29, 0.717) is 0 Å². The summed E-state index contributed by atoms with van der Waals surface area (Å²) in [6.45, 7) is 0. The molecule has 1 N–H and O–H groups in total. The second kappa shape index (κ2) is 6.64. The highest BCUT2D eigenvalue weighted by Gasteiger charge is 2.31. The summed E-state index contributed by atoms with van der Waals surface area (Å²) in [5.41, 5.74) is 5.31. The summed E-state index contributed by atoms with van der Waals surface area (Å²) in [6.07, 6.45) is 6.25. The van der Waals surface area contributed by atoms with Crippen LogP contribution in [0, 0.1) is 0 Å². The van der Waals surface area contributed by atoms with Crippen LogP contribution in [0.4, 0.5) is 0 Å². The third-order valence-corrected chi connectivity index (χ3v) is 4.00. The fourth-order valence-corrected chi connectivity index (χ4v) is 3.20. The van der Waals surface area contributed by atoms with Crippen LogP contribution >= 0.6 is 11.6 Å². The molecule has 1 atom stereocenters. The summed E-state index contributed by atoms with van der Waals surface area (Å²) in [5, 5.41) is 2.91. The van der Waals surface area contributed by atoms with E-state index in [-0.39, 0.29) is 6.42 Å². The molecule has 1 aromatic carbocycles. The van der Waals surface area contributed by atoms with E-state index in [1.54, 1.807) is 19.2 Å². The highest BCUT2D eigenvalue weighted by atomic mass is 35.5. The first-order chi connectivity index (χ1) is 10.3. The van der Waals surface area contributed by atoms with Crippen molar-refractivity contribution in [1.82, 2.24) is 5.43 Å². The van der Waals surface area contributed by atoms with Gasteiger partial charge in [0.1, 0.15) is 0 Å². The largest absolute Gasteiger partial charge is 0.313 e. The topological polar surface area (TPSA) is 67.8 Å². The Balaban J connectivity index is 2.26. The molecule has 2 rings (SSSR count). The number of benzene rings is 1. The third-order valence-electron chi connectivity index (χ3n) is 2.95. The lowest BCUT2D eigenvalue weighted by Crippen LogP contribution is -2.28. The van der Waals surface area contributed by atoms with Gasteiger partial charge in [0.05, 0.1) is 12.0 Å². The standard InChI is InChI=1S/C15H17ClN2O3S/c1-17-18-14(12-6-4-3-5-7-12)13-8-10-15(16,11-9-13)21-22(2,19)20/h3-10,17H,11H2,1-2H3. The molecule has 0 spiro atoms.